The fourth-order valence-electron chi connectivity index (χ4n) is 3.32. The minimum Gasteiger partial charge on any atom is -0.307 e. The molecule has 1 aromatic rings. The Morgan fingerprint density at radius 1 is 1.20 bits per heavy atom. The van der Waals surface area contributed by atoms with Crippen molar-refractivity contribution in [2.45, 2.75) is 64.5 Å². The average molecular weight is 281 g/mol. The first kappa shape index (κ1) is 15.4. The highest BCUT2D eigenvalue weighted by Gasteiger charge is 2.23. The number of halogens is 2. The number of nitrogens with one attached hydrogen (secondary N) is 1. The van der Waals surface area contributed by atoms with E-state index in [1.54, 1.807) is 12.1 Å². The summed E-state index contributed by atoms with van der Waals surface area (Å²) in [5, 5.41) is 3.46. The molecule has 3 heteroatoms. The van der Waals surface area contributed by atoms with Crippen molar-refractivity contribution < 1.29 is 8.78 Å². The minimum atomic E-state index is -0.761. The average Bonchev–Trinajstić information content (AvgIpc) is 2.44. The second-order valence-electron chi connectivity index (χ2n) is 6.04. The summed E-state index contributed by atoms with van der Waals surface area (Å²) in [5.41, 5.74) is 0.431. The molecule has 1 nitrogen and oxygen atoms in total. The van der Waals surface area contributed by atoms with Crippen molar-refractivity contribution in [2.75, 3.05) is 0 Å². The van der Waals surface area contributed by atoms with Crippen LogP contribution in [0.2, 0.25) is 0 Å². The van der Waals surface area contributed by atoms with Gasteiger partial charge in [0.25, 0.3) is 0 Å². The largest absolute Gasteiger partial charge is 0.307 e. The summed E-state index contributed by atoms with van der Waals surface area (Å²) in [6, 6.07) is 4.70. The van der Waals surface area contributed by atoms with E-state index in [4.69, 9.17) is 0 Å². The van der Waals surface area contributed by atoms with Crippen molar-refractivity contribution in [1.29, 1.82) is 0 Å². The van der Waals surface area contributed by atoms with Crippen molar-refractivity contribution in [2.24, 2.45) is 5.92 Å². The maximum absolute atomic E-state index is 13.8. The van der Waals surface area contributed by atoms with Crippen molar-refractivity contribution >= 4 is 0 Å². The molecule has 0 heterocycles. The molecule has 1 saturated carbocycles. The molecular weight excluding hydrogens is 256 g/mol. The molecule has 0 radical (unpaired) electrons. The van der Waals surface area contributed by atoms with Gasteiger partial charge in [-0.1, -0.05) is 31.9 Å². The van der Waals surface area contributed by atoms with E-state index in [0.717, 1.165) is 18.8 Å². The first-order valence-electron chi connectivity index (χ1n) is 7.81. The van der Waals surface area contributed by atoms with Crippen LogP contribution in [0.4, 0.5) is 8.78 Å². The molecule has 112 valence electrons. The van der Waals surface area contributed by atoms with E-state index >= 15 is 0 Å². The molecule has 1 unspecified atom stereocenters. The molecule has 1 aliphatic carbocycles. The first-order chi connectivity index (χ1) is 9.61. The van der Waals surface area contributed by atoms with Gasteiger partial charge in [0.2, 0.25) is 0 Å². The monoisotopic (exact) mass is 281 g/mol. The van der Waals surface area contributed by atoms with Crippen LogP contribution in [0.1, 0.15) is 64.0 Å². The van der Waals surface area contributed by atoms with Crippen LogP contribution in [0.5, 0.6) is 0 Å². The number of hydrogen-bond donors (Lipinski definition) is 1. The Hall–Kier alpha value is -0.960. The summed E-state index contributed by atoms with van der Waals surface area (Å²) in [4.78, 5) is 0. The van der Waals surface area contributed by atoms with Gasteiger partial charge in [-0.15, -0.1) is 0 Å². The first-order valence-corrected chi connectivity index (χ1v) is 7.81. The second-order valence-corrected chi connectivity index (χ2v) is 6.04. The predicted octanol–water partition coefficient (Wildman–Crippen LogP) is 4.97. The van der Waals surface area contributed by atoms with E-state index < -0.39 is 11.6 Å². The van der Waals surface area contributed by atoms with Crippen LogP contribution in [0, 0.1) is 17.6 Å². The molecule has 0 saturated heterocycles. The second kappa shape index (κ2) is 7.16. The Kier molecular flexibility index (Phi) is 5.53. The fraction of sp³-hybridized carbons (Fsp3) is 0.647. The van der Waals surface area contributed by atoms with Gasteiger partial charge in [0, 0.05) is 17.6 Å². The third-order valence-corrected chi connectivity index (χ3v) is 4.48. The van der Waals surface area contributed by atoms with E-state index in [9.17, 15) is 8.78 Å². The van der Waals surface area contributed by atoms with Gasteiger partial charge in [0.05, 0.1) is 0 Å². The number of rotatable bonds is 5. The van der Waals surface area contributed by atoms with E-state index in [1.807, 2.05) is 6.92 Å². The van der Waals surface area contributed by atoms with Crippen molar-refractivity contribution in [3.8, 4) is 0 Å². The van der Waals surface area contributed by atoms with Crippen molar-refractivity contribution in [3.63, 3.8) is 0 Å². The lowest BCUT2D eigenvalue weighted by Gasteiger charge is -2.31. The van der Waals surface area contributed by atoms with Crippen LogP contribution in [-0.2, 0) is 0 Å². The molecule has 1 fully saturated rings. The zero-order valence-electron chi connectivity index (χ0n) is 12.5. The summed E-state index contributed by atoms with van der Waals surface area (Å²) in [6.45, 7) is 4.15. The molecule has 1 aromatic carbocycles. The lowest BCUT2D eigenvalue weighted by Crippen LogP contribution is -2.35. The molecule has 0 bridgehead atoms. The molecule has 0 aliphatic heterocycles. The number of benzene rings is 1. The van der Waals surface area contributed by atoms with Crippen molar-refractivity contribution in [1.82, 2.24) is 5.32 Å². The van der Waals surface area contributed by atoms with E-state index in [2.05, 4.69) is 12.2 Å². The van der Waals surface area contributed by atoms with Gasteiger partial charge >= 0.3 is 0 Å². The Bertz CT molecular complexity index is 425. The highest BCUT2D eigenvalue weighted by molar-refractivity contribution is 5.22. The Morgan fingerprint density at radius 2 is 1.90 bits per heavy atom. The third kappa shape index (κ3) is 3.78. The van der Waals surface area contributed by atoms with Crippen LogP contribution in [0.15, 0.2) is 18.2 Å². The lowest BCUT2D eigenvalue weighted by molar-refractivity contribution is 0.265. The molecule has 20 heavy (non-hydrogen) atoms. The standard InChI is InChI=1S/C17H25F2N/c1-3-5-13-8-10-14(11-9-13)20-12(2)15-6-4-7-16(18)17(15)19/h4,6-7,12-14,20H,3,5,8-11H2,1-2H3. The quantitative estimate of drug-likeness (QED) is 0.803. The van der Waals surface area contributed by atoms with Crippen LogP contribution < -0.4 is 5.32 Å². The highest BCUT2D eigenvalue weighted by Crippen LogP contribution is 2.29. The summed E-state index contributed by atoms with van der Waals surface area (Å²) < 4.78 is 27.0. The summed E-state index contributed by atoms with van der Waals surface area (Å²) in [7, 11) is 0. The Morgan fingerprint density at radius 3 is 2.55 bits per heavy atom. The summed E-state index contributed by atoms with van der Waals surface area (Å²) in [5.74, 6) is -0.616. The highest BCUT2D eigenvalue weighted by atomic mass is 19.2. The SMILES string of the molecule is CCCC1CCC(NC(C)c2cccc(F)c2F)CC1. The van der Waals surface area contributed by atoms with Gasteiger partial charge in [0.1, 0.15) is 0 Å². The van der Waals surface area contributed by atoms with E-state index in [0.29, 0.717) is 11.6 Å². The molecule has 1 aliphatic rings. The molecule has 1 atom stereocenters. The fourth-order valence-corrected chi connectivity index (χ4v) is 3.32. The van der Waals surface area contributed by atoms with Gasteiger partial charge in [-0.3, -0.25) is 0 Å². The molecule has 0 spiro atoms. The Labute approximate surface area is 120 Å². The van der Waals surface area contributed by atoms with Gasteiger partial charge in [-0.05, 0) is 44.6 Å². The zero-order chi connectivity index (χ0) is 14.5. The van der Waals surface area contributed by atoms with Gasteiger partial charge in [-0.25, -0.2) is 8.78 Å². The van der Waals surface area contributed by atoms with Gasteiger partial charge in [-0.2, -0.15) is 0 Å². The molecular formula is C17H25F2N. The number of hydrogen-bond acceptors (Lipinski definition) is 1. The maximum atomic E-state index is 13.8. The third-order valence-electron chi connectivity index (χ3n) is 4.48. The molecule has 0 amide bonds. The lowest BCUT2D eigenvalue weighted by atomic mass is 9.83. The molecule has 1 N–H and O–H groups in total. The molecule has 0 aromatic heterocycles. The summed E-state index contributed by atoms with van der Waals surface area (Å²) in [6.07, 6.45) is 7.38. The topological polar surface area (TPSA) is 12.0 Å². The van der Waals surface area contributed by atoms with E-state index in [-0.39, 0.29) is 6.04 Å². The molecule has 2 rings (SSSR count). The zero-order valence-corrected chi connectivity index (χ0v) is 12.5. The smallest absolute Gasteiger partial charge is 0.163 e. The van der Waals surface area contributed by atoms with Crippen LogP contribution in [0.3, 0.4) is 0 Å². The van der Waals surface area contributed by atoms with Crippen LogP contribution >= 0.6 is 0 Å². The minimum absolute atomic E-state index is 0.140. The Balaban J connectivity index is 1.89. The van der Waals surface area contributed by atoms with E-state index in [1.165, 1.54) is 31.7 Å². The van der Waals surface area contributed by atoms with Crippen molar-refractivity contribution in [3.05, 3.63) is 35.4 Å². The normalized spacial score (nSPS) is 24.6. The van der Waals surface area contributed by atoms with Crippen LogP contribution in [-0.4, -0.2) is 6.04 Å². The summed E-state index contributed by atoms with van der Waals surface area (Å²) >= 11 is 0. The predicted molar refractivity (Wildman–Crippen MR) is 78.6 cm³/mol. The van der Waals surface area contributed by atoms with Gasteiger partial charge in [0.15, 0.2) is 11.6 Å². The van der Waals surface area contributed by atoms with Gasteiger partial charge < -0.3 is 5.32 Å². The maximum Gasteiger partial charge on any atom is 0.163 e. The van der Waals surface area contributed by atoms with Crippen LogP contribution in [0.25, 0.3) is 0 Å².